The molecule has 0 bridgehead atoms. The van der Waals surface area contributed by atoms with Crippen molar-refractivity contribution in [1.29, 1.82) is 0 Å². The number of rotatable bonds is 4. The second-order valence-corrected chi connectivity index (χ2v) is 7.34. The van der Waals surface area contributed by atoms with Gasteiger partial charge in [-0.1, -0.05) is 6.92 Å². The number of likely N-dealkylation sites (tertiary alicyclic amines) is 1. The van der Waals surface area contributed by atoms with Gasteiger partial charge in [-0.2, -0.15) is 4.31 Å². The van der Waals surface area contributed by atoms with Gasteiger partial charge < -0.3 is 10.6 Å². The molecule has 1 fully saturated rings. The molecule has 0 unspecified atom stereocenters. The van der Waals surface area contributed by atoms with Crippen LogP contribution in [0.1, 0.15) is 19.8 Å². The zero-order valence-corrected chi connectivity index (χ0v) is 13.2. The molecule has 0 amide bonds. The molecule has 0 saturated carbocycles. The standard InChI is InChI=1S/C14H22FN3O2S/c1-3-18-8-6-12(7-9-18)17(2)21(19,20)14-5-4-11(16)10-13(14)15/h4-5,10,12H,3,6-9,16H2,1-2H3. The molecule has 0 aliphatic carbocycles. The van der Waals surface area contributed by atoms with Crippen molar-refractivity contribution in [2.45, 2.75) is 30.7 Å². The van der Waals surface area contributed by atoms with Crippen LogP contribution >= 0.6 is 0 Å². The first-order valence-corrected chi connectivity index (χ1v) is 8.55. The van der Waals surface area contributed by atoms with E-state index in [9.17, 15) is 12.8 Å². The predicted molar refractivity (Wildman–Crippen MR) is 80.9 cm³/mol. The van der Waals surface area contributed by atoms with Gasteiger partial charge in [0.05, 0.1) is 0 Å². The number of nitrogens with zero attached hydrogens (tertiary/aromatic N) is 2. The lowest BCUT2D eigenvalue weighted by Gasteiger charge is -2.35. The van der Waals surface area contributed by atoms with Crippen molar-refractivity contribution in [1.82, 2.24) is 9.21 Å². The maximum Gasteiger partial charge on any atom is 0.245 e. The maximum absolute atomic E-state index is 13.9. The summed E-state index contributed by atoms with van der Waals surface area (Å²) in [5.74, 6) is -0.798. The summed E-state index contributed by atoms with van der Waals surface area (Å²) in [5.41, 5.74) is 5.68. The van der Waals surface area contributed by atoms with E-state index in [1.54, 1.807) is 0 Å². The molecule has 5 nitrogen and oxygen atoms in total. The summed E-state index contributed by atoms with van der Waals surface area (Å²) in [6, 6.07) is 3.59. The van der Waals surface area contributed by atoms with Crippen LogP contribution in [0.2, 0.25) is 0 Å². The summed E-state index contributed by atoms with van der Waals surface area (Å²) < 4.78 is 40.3. The Balaban J connectivity index is 2.19. The smallest absolute Gasteiger partial charge is 0.245 e. The Labute approximate surface area is 125 Å². The van der Waals surface area contributed by atoms with E-state index in [1.807, 2.05) is 0 Å². The first-order valence-electron chi connectivity index (χ1n) is 7.11. The highest BCUT2D eigenvalue weighted by Crippen LogP contribution is 2.25. The monoisotopic (exact) mass is 315 g/mol. The molecule has 0 aromatic heterocycles. The molecule has 0 radical (unpaired) electrons. The van der Waals surface area contributed by atoms with Gasteiger partial charge in [-0.25, -0.2) is 12.8 Å². The van der Waals surface area contributed by atoms with Crippen molar-refractivity contribution >= 4 is 15.7 Å². The van der Waals surface area contributed by atoms with Gasteiger partial charge in [-0.3, -0.25) is 0 Å². The van der Waals surface area contributed by atoms with Gasteiger partial charge in [0.2, 0.25) is 10.0 Å². The number of nitrogen functional groups attached to an aromatic ring is 1. The first-order chi connectivity index (χ1) is 9.86. The van der Waals surface area contributed by atoms with Crippen LogP contribution in [0, 0.1) is 5.82 Å². The Morgan fingerprint density at radius 1 is 1.38 bits per heavy atom. The molecule has 2 rings (SSSR count). The van der Waals surface area contributed by atoms with E-state index < -0.39 is 15.8 Å². The zero-order chi connectivity index (χ0) is 15.6. The van der Waals surface area contributed by atoms with Crippen molar-refractivity contribution in [3.8, 4) is 0 Å². The summed E-state index contributed by atoms with van der Waals surface area (Å²) in [4.78, 5) is 1.97. The maximum atomic E-state index is 13.9. The normalized spacial score (nSPS) is 18.3. The van der Waals surface area contributed by atoms with Crippen LogP contribution in [0.25, 0.3) is 0 Å². The number of benzene rings is 1. The van der Waals surface area contributed by atoms with Crippen molar-refractivity contribution in [2.24, 2.45) is 0 Å². The third-order valence-corrected chi connectivity index (χ3v) is 6.07. The fraction of sp³-hybridized carbons (Fsp3) is 0.571. The highest BCUT2D eigenvalue weighted by Gasteiger charge is 2.32. The average Bonchev–Trinajstić information content (AvgIpc) is 2.46. The summed E-state index contributed by atoms with van der Waals surface area (Å²) in [5, 5.41) is 0. The molecule has 21 heavy (non-hydrogen) atoms. The summed E-state index contributed by atoms with van der Waals surface area (Å²) in [6.07, 6.45) is 1.53. The van der Waals surface area contributed by atoms with E-state index in [0.29, 0.717) is 0 Å². The van der Waals surface area contributed by atoms with Crippen LogP contribution in [0.4, 0.5) is 10.1 Å². The first kappa shape index (κ1) is 16.2. The van der Waals surface area contributed by atoms with Crippen LogP contribution in [0.5, 0.6) is 0 Å². The molecule has 1 heterocycles. The molecule has 7 heteroatoms. The number of sulfonamides is 1. The van der Waals surface area contributed by atoms with Gasteiger partial charge in [0.25, 0.3) is 0 Å². The van der Waals surface area contributed by atoms with E-state index in [0.717, 1.165) is 38.5 Å². The predicted octanol–water partition coefficient (Wildman–Crippen LogP) is 1.51. The van der Waals surface area contributed by atoms with Crippen LogP contribution in [-0.2, 0) is 10.0 Å². The number of hydrogen-bond donors (Lipinski definition) is 1. The highest BCUT2D eigenvalue weighted by molar-refractivity contribution is 7.89. The second kappa shape index (κ2) is 6.29. The SMILES string of the molecule is CCN1CCC(N(C)S(=O)(=O)c2ccc(N)cc2F)CC1. The number of anilines is 1. The largest absolute Gasteiger partial charge is 0.399 e. The van der Waals surface area contributed by atoms with E-state index in [1.165, 1.54) is 23.5 Å². The molecular formula is C14H22FN3O2S. The molecule has 0 atom stereocenters. The van der Waals surface area contributed by atoms with Crippen molar-refractivity contribution in [3.63, 3.8) is 0 Å². The molecule has 1 aromatic rings. The fourth-order valence-electron chi connectivity index (χ4n) is 2.68. The Hall–Kier alpha value is -1.18. The molecule has 118 valence electrons. The lowest BCUT2D eigenvalue weighted by atomic mass is 10.1. The van der Waals surface area contributed by atoms with Crippen LogP contribution in [0.15, 0.2) is 23.1 Å². The lowest BCUT2D eigenvalue weighted by Crippen LogP contribution is -2.45. The Morgan fingerprint density at radius 2 is 2.00 bits per heavy atom. The van der Waals surface area contributed by atoms with Gasteiger partial charge >= 0.3 is 0 Å². The van der Waals surface area contributed by atoms with Crippen molar-refractivity contribution < 1.29 is 12.8 Å². The van der Waals surface area contributed by atoms with Crippen molar-refractivity contribution in [2.75, 3.05) is 32.4 Å². The summed E-state index contributed by atoms with van der Waals surface area (Å²) in [7, 11) is -2.30. The number of hydrogen-bond acceptors (Lipinski definition) is 4. The van der Waals surface area contributed by atoms with Crippen LogP contribution in [0.3, 0.4) is 0 Å². The molecular weight excluding hydrogens is 293 g/mol. The molecule has 1 aromatic carbocycles. The number of halogens is 1. The summed E-state index contributed by atoms with van der Waals surface area (Å²) in [6.45, 7) is 4.79. The second-order valence-electron chi connectivity index (χ2n) is 5.38. The average molecular weight is 315 g/mol. The number of piperidine rings is 1. The minimum atomic E-state index is -3.83. The van der Waals surface area contributed by atoms with E-state index in [2.05, 4.69) is 11.8 Å². The highest BCUT2D eigenvalue weighted by atomic mass is 32.2. The Kier molecular flexibility index (Phi) is 4.85. The molecule has 1 saturated heterocycles. The van der Waals surface area contributed by atoms with Crippen molar-refractivity contribution in [3.05, 3.63) is 24.0 Å². The lowest BCUT2D eigenvalue weighted by molar-refractivity contribution is 0.176. The van der Waals surface area contributed by atoms with Gasteiger partial charge in [-0.15, -0.1) is 0 Å². The third-order valence-electron chi connectivity index (χ3n) is 4.13. The number of nitrogens with two attached hydrogens (primary N) is 1. The van der Waals surface area contributed by atoms with Gasteiger partial charge in [-0.05, 0) is 50.7 Å². The van der Waals surface area contributed by atoms with Gasteiger partial charge in [0.1, 0.15) is 10.7 Å². The van der Waals surface area contributed by atoms with E-state index >= 15 is 0 Å². The van der Waals surface area contributed by atoms with E-state index in [4.69, 9.17) is 5.73 Å². The molecule has 1 aliphatic rings. The quantitative estimate of drug-likeness (QED) is 0.855. The summed E-state index contributed by atoms with van der Waals surface area (Å²) >= 11 is 0. The zero-order valence-electron chi connectivity index (χ0n) is 12.4. The van der Waals surface area contributed by atoms with Crippen LogP contribution < -0.4 is 5.73 Å². The Bertz CT molecular complexity index is 598. The minimum Gasteiger partial charge on any atom is -0.399 e. The minimum absolute atomic E-state index is 0.0882. The molecule has 1 aliphatic heterocycles. The van der Waals surface area contributed by atoms with Crippen LogP contribution in [-0.4, -0.2) is 50.3 Å². The topological polar surface area (TPSA) is 66.6 Å². The molecule has 0 spiro atoms. The Morgan fingerprint density at radius 3 is 2.52 bits per heavy atom. The fourth-order valence-corrected chi connectivity index (χ4v) is 4.14. The van der Waals surface area contributed by atoms with Gasteiger partial charge in [0.15, 0.2) is 0 Å². The molecule has 2 N–H and O–H groups in total. The third kappa shape index (κ3) is 3.36. The van der Waals surface area contributed by atoms with E-state index in [-0.39, 0.29) is 16.6 Å². The van der Waals surface area contributed by atoms with Gasteiger partial charge in [0, 0.05) is 18.8 Å².